The quantitative estimate of drug-likeness (QED) is 0.621. The summed E-state index contributed by atoms with van der Waals surface area (Å²) in [6.07, 6.45) is 1.58. The minimum absolute atomic E-state index is 0.0658. The third-order valence-electron chi connectivity index (χ3n) is 5.04. The molecule has 0 aromatic heterocycles. The van der Waals surface area contributed by atoms with Crippen LogP contribution in [-0.2, 0) is 20.9 Å². The van der Waals surface area contributed by atoms with E-state index >= 15 is 0 Å². The Morgan fingerprint density at radius 3 is 2.69 bits per heavy atom. The zero-order chi connectivity index (χ0) is 22.5. The summed E-state index contributed by atoms with van der Waals surface area (Å²) in [6, 6.07) is 13.3. The lowest BCUT2D eigenvalue weighted by Crippen LogP contribution is -2.46. The van der Waals surface area contributed by atoms with Crippen molar-refractivity contribution < 1.29 is 28.2 Å². The van der Waals surface area contributed by atoms with Crippen molar-refractivity contribution in [1.82, 2.24) is 9.80 Å². The standard InChI is InChI=1S/C23H21FN2O5S/c24-19-7-2-1-5-17(19)15-31-18-6-3-4-16(12-18)13-20-22(28)26(23(29)32-20)14-21(27)25-8-10-30-11-9-25/h1-7,12-13H,8-11,14-15H2/b20-13-. The first-order chi connectivity index (χ1) is 15.5. The van der Waals surface area contributed by atoms with Crippen LogP contribution in [0.25, 0.3) is 6.08 Å². The van der Waals surface area contributed by atoms with Gasteiger partial charge in [0.05, 0.1) is 18.1 Å². The fraction of sp³-hybridized carbons (Fsp3) is 0.261. The van der Waals surface area contributed by atoms with Gasteiger partial charge >= 0.3 is 0 Å². The number of morpholine rings is 1. The lowest BCUT2D eigenvalue weighted by Gasteiger charge is -2.28. The number of carbonyl (C=O) groups excluding carboxylic acids is 3. The van der Waals surface area contributed by atoms with E-state index in [4.69, 9.17) is 9.47 Å². The summed E-state index contributed by atoms with van der Waals surface area (Å²) in [5, 5.41) is -0.477. The third kappa shape index (κ3) is 5.17. The Hall–Kier alpha value is -3.17. The molecule has 0 radical (unpaired) electrons. The summed E-state index contributed by atoms with van der Waals surface area (Å²) < 4.78 is 24.7. The number of thioether (sulfide) groups is 1. The van der Waals surface area contributed by atoms with Gasteiger partial charge in [-0.15, -0.1) is 0 Å². The molecule has 2 saturated heterocycles. The second kappa shape index (κ2) is 9.97. The average Bonchev–Trinajstić information content (AvgIpc) is 3.06. The zero-order valence-electron chi connectivity index (χ0n) is 17.2. The average molecular weight is 456 g/mol. The first-order valence-corrected chi connectivity index (χ1v) is 10.9. The number of hydrogen-bond acceptors (Lipinski definition) is 6. The third-order valence-corrected chi connectivity index (χ3v) is 5.95. The van der Waals surface area contributed by atoms with Crippen molar-refractivity contribution in [2.45, 2.75) is 6.61 Å². The molecule has 2 fully saturated rings. The van der Waals surface area contributed by atoms with Crippen LogP contribution >= 0.6 is 11.8 Å². The second-order valence-electron chi connectivity index (χ2n) is 7.21. The molecule has 0 unspecified atom stereocenters. The number of amides is 3. The smallest absolute Gasteiger partial charge is 0.294 e. The highest BCUT2D eigenvalue weighted by molar-refractivity contribution is 8.18. The van der Waals surface area contributed by atoms with Crippen molar-refractivity contribution in [2.75, 3.05) is 32.8 Å². The number of ether oxygens (including phenoxy) is 2. The Labute approximate surface area is 188 Å². The Morgan fingerprint density at radius 1 is 1.12 bits per heavy atom. The van der Waals surface area contributed by atoms with Crippen LogP contribution in [0.4, 0.5) is 9.18 Å². The predicted octanol–water partition coefficient (Wildman–Crippen LogP) is 3.30. The molecule has 3 amide bonds. The maximum absolute atomic E-state index is 13.8. The van der Waals surface area contributed by atoms with Gasteiger partial charge in [0.15, 0.2) is 0 Å². The Kier molecular flexibility index (Phi) is 6.87. The molecule has 2 heterocycles. The van der Waals surface area contributed by atoms with Crippen LogP contribution < -0.4 is 4.74 Å². The van der Waals surface area contributed by atoms with E-state index in [1.165, 1.54) is 6.07 Å². The molecule has 0 bridgehead atoms. The minimum atomic E-state index is -0.501. The lowest BCUT2D eigenvalue weighted by atomic mass is 10.2. The molecule has 9 heteroatoms. The lowest BCUT2D eigenvalue weighted by molar-refractivity contribution is -0.139. The molecule has 2 aliphatic rings. The van der Waals surface area contributed by atoms with E-state index in [0.717, 1.165) is 16.7 Å². The monoisotopic (exact) mass is 456 g/mol. The molecule has 0 N–H and O–H groups in total. The van der Waals surface area contributed by atoms with E-state index in [0.29, 0.717) is 43.2 Å². The largest absolute Gasteiger partial charge is 0.489 e. The number of imide groups is 1. The zero-order valence-corrected chi connectivity index (χ0v) is 18.0. The number of benzene rings is 2. The van der Waals surface area contributed by atoms with Gasteiger partial charge < -0.3 is 14.4 Å². The number of rotatable bonds is 6. The fourth-order valence-corrected chi connectivity index (χ4v) is 4.14. The Morgan fingerprint density at radius 2 is 1.91 bits per heavy atom. The van der Waals surface area contributed by atoms with E-state index in [2.05, 4.69) is 0 Å². The van der Waals surface area contributed by atoms with Crippen LogP contribution in [0.15, 0.2) is 53.4 Å². The normalized spacial score (nSPS) is 17.8. The maximum atomic E-state index is 13.8. The van der Waals surface area contributed by atoms with Crippen LogP contribution in [0.5, 0.6) is 5.75 Å². The Bertz CT molecular complexity index is 1070. The summed E-state index contributed by atoms with van der Waals surface area (Å²) in [6.45, 7) is 1.57. The van der Waals surface area contributed by atoms with Gasteiger partial charge in [0.1, 0.15) is 24.7 Å². The summed E-state index contributed by atoms with van der Waals surface area (Å²) >= 11 is 0.796. The van der Waals surface area contributed by atoms with Crippen LogP contribution in [-0.4, -0.2) is 59.7 Å². The van der Waals surface area contributed by atoms with Crippen LogP contribution in [0.2, 0.25) is 0 Å². The van der Waals surface area contributed by atoms with E-state index in [-0.39, 0.29) is 29.8 Å². The van der Waals surface area contributed by atoms with Crippen molar-refractivity contribution >= 4 is 34.9 Å². The van der Waals surface area contributed by atoms with E-state index in [1.54, 1.807) is 53.4 Å². The molecule has 2 aliphatic heterocycles. The van der Waals surface area contributed by atoms with Gasteiger partial charge in [0, 0.05) is 18.7 Å². The number of halogens is 1. The molecule has 0 atom stereocenters. The number of hydrogen-bond donors (Lipinski definition) is 0. The van der Waals surface area contributed by atoms with Gasteiger partial charge in [-0.05, 0) is 41.6 Å². The van der Waals surface area contributed by atoms with Crippen LogP contribution in [0, 0.1) is 5.82 Å². The molecule has 2 aromatic rings. The molecule has 0 spiro atoms. The van der Waals surface area contributed by atoms with E-state index < -0.39 is 11.1 Å². The highest BCUT2D eigenvalue weighted by Crippen LogP contribution is 2.32. The summed E-state index contributed by atoms with van der Waals surface area (Å²) in [5.41, 5.74) is 1.09. The second-order valence-corrected chi connectivity index (χ2v) is 8.21. The first-order valence-electron chi connectivity index (χ1n) is 10.1. The highest BCUT2D eigenvalue weighted by Gasteiger charge is 2.37. The van der Waals surface area contributed by atoms with Gasteiger partial charge in [-0.1, -0.05) is 30.3 Å². The van der Waals surface area contributed by atoms with Crippen molar-refractivity contribution in [1.29, 1.82) is 0 Å². The van der Waals surface area contributed by atoms with Gasteiger partial charge in [-0.3, -0.25) is 19.3 Å². The summed E-state index contributed by atoms with van der Waals surface area (Å²) in [7, 11) is 0. The van der Waals surface area contributed by atoms with E-state index in [1.807, 2.05) is 0 Å². The maximum Gasteiger partial charge on any atom is 0.294 e. The van der Waals surface area contributed by atoms with Gasteiger partial charge in [0.2, 0.25) is 5.91 Å². The van der Waals surface area contributed by atoms with E-state index in [9.17, 15) is 18.8 Å². The minimum Gasteiger partial charge on any atom is -0.489 e. The molecular weight excluding hydrogens is 435 g/mol. The van der Waals surface area contributed by atoms with Crippen molar-refractivity contribution in [3.63, 3.8) is 0 Å². The van der Waals surface area contributed by atoms with Crippen LogP contribution in [0.3, 0.4) is 0 Å². The summed E-state index contributed by atoms with van der Waals surface area (Å²) in [5.74, 6) is -0.618. The highest BCUT2D eigenvalue weighted by atomic mass is 32.2. The molecular formula is C23H21FN2O5S. The summed E-state index contributed by atoms with van der Waals surface area (Å²) in [4.78, 5) is 40.3. The topological polar surface area (TPSA) is 76.2 Å². The molecule has 7 nitrogen and oxygen atoms in total. The van der Waals surface area contributed by atoms with Gasteiger partial charge in [-0.2, -0.15) is 0 Å². The van der Waals surface area contributed by atoms with Crippen LogP contribution in [0.1, 0.15) is 11.1 Å². The van der Waals surface area contributed by atoms with Crippen molar-refractivity contribution in [3.8, 4) is 5.75 Å². The van der Waals surface area contributed by atoms with Gasteiger partial charge in [-0.25, -0.2) is 4.39 Å². The molecule has 0 saturated carbocycles. The molecule has 0 aliphatic carbocycles. The van der Waals surface area contributed by atoms with Crippen molar-refractivity contribution in [2.24, 2.45) is 0 Å². The molecule has 4 rings (SSSR count). The van der Waals surface area contributed by atoms with Gasteiger partial charge in [0.25, 0.3) is 11.1 Å². The Balaban J connectivity index is 1.41. The SMILES string of the molecule is O=C(CN1C(=O)S/C(=C\c2cccc(OCc3ccccc3F)c2)C1=O)N1CCOCC1. The molecule has 2 aromatic carbocycles. The first kappa shape index (κ1) is 22.0. The predicted molar refractivity (Wildman–Crippen MR) is 117 cm³/mol. The molecule has 166 valence electrons. The number of nitrogens with zero attached hydrogens (tertiary/aromatic N) is 2. The molecule has 32 heavy (non-hydrogen) atoms. The number of carbonyl (C=O) groups is 3. The van der Waals surface area contributed by atoms with Crippen molar-refractivity contribution in [3.05, 3.63) is 70.4 Å². The fourth-order valence-electron chi connectivity index (χ4n) is 3.31.